The maximum atomic E-state index is 12.9. The van der Waals surface area contributed by atoms with Crippen molar-refractivity contribution in [3.63, 3.8) is 0 Å². The molecule has 14 nitrogen and oxygen atoms in total. The Kier molecular flexibility index (Phi) is 11.6. The Hall–Kier alpha value is -5.09. The number of aryl methyl sites for hydroxylation is 1. The first kappa shape index (κ1) is 39.2. The van der Waals surface area contributed by atoms with Crippen LogP contribution >= 0.6 is 0 Å². The fourth-order valence-corrected chi connectivity index (χ4v) is 8.94. The van der Waals surface area contributed by atoms with Gasteiger partial charge in [0, 0.05) is 105 Å². The van der Waals surface area contributed by atoms with Gasteiger partial charge in [0.1, 0.15) is 5.82 Å². The van der Waals surface area contributed by atoms with Crippen molar-refractivity contribution in [1.29, 1.82) is 0 Å². The summed E-state index contributed by atoms with van der Waals surface area (Å²) in [7, 11) is -3.68. The second-order valence-corrected chi connectivity index (χ2v) is 17.5. The van der Waals surface area contributed by atoms with Gasteiger partial charge in [-0.2, -0.15) is 4.98 Å². The van der Waals surface area contributed by atoms with E-state index in [-0.39, 0.29) is 16.8 Å². The second kappa shape index (κ2) is 16.6. The van der Waals surface area contributed by atoms with Gasteiger partial charge in [-0.25, -0.2) is 22.9 Å². The van der Waals surface area contributed by atoms with Crippen LogP contribution in [0.2, 0.25) is 0 Å². The van der Waals surface area contributed by atoms with Gasteiger partial charge in [-0.1, -0.05) is 18.2 Å². The van der Waals surface area contributed by atoms with Crippen LogP contribution in [0.4, 0.5) is 39.3 Å². The standard InChI is InChI=1S/C41H52N10O4S/c1-29-27-42-39(46-38(29)43-32-6-5-7-36(26-32)56(54,55)47-41(2,3)4)44-31-10-14-33(15-11-31)49-19-16-34(17-20-49)50-24-22-48(23-25-50)28-30-8-12-35(13-9-30)51-21-18-37(52)45-40(51)53/h5-15,26-27,34,47H,16-25,28H2,1-4H3,(H,45,52,53)(H2,42,43,44,46). The molecule has 0 aliphatic carbocycles. The first-order valence-electron chi connectivity index (χ1n) is 19.3. The number of benzene rings is 3. The number of hydrogen-bond acceptors (Lipinski definition) is 11. The number of aromatic nitrogens is 2. The fourth-order valence-electron chi connectivity index (χ4n) is 7.48. The molecular weight excluding hydrogens is 729 g/mol. The molecule has 1 aromatic heterocycles. The van der Waals surface area contributed by atoms with Crippen LogP contribution in [0, 0.1) is 6.92 Å². The summed E-state index contributed by atoms with van der Waals surface area (Å²) < 4.78 is 28.5. The van der Waals surface area contributed by atoms with Crippen molar-refractivity contribution in [3.8, 4) is 0 Å². The quantitative estimate of drug-likeness (QED) is 0.151. The minimum Gasteiger partial charge on any atom is -0.371 e. The van der Waals surface area contributed by atoms with Crippen molar-refractivity contribution in [1.82, 2.24) is 29.8 Å². The normalized spacial score (nSPS) is 17.9. The summed E-state index contributed by atoms with van der Waals surface area (Å²) in [4.78, 5) is 42.3. The summed E-state index contributed by atoms with van der Waals surface area (Å²) in [6, 6.07) is 23.4. The van der Waals surface area contributed by atoms with Crippen LogP contribution < -0.4 is 30.5 Å². The number of anilines is 6. The molecule has 3 fully saturated rings. The molecule has 3 aliphatic rings. The Morgan fingerprint density at radius 3 is 2.20 bits per heavy atom. The highest BCUT2D eigenvalue weighted by Crippen LogP contribution is 2.28. The van der Waals surface area contributed by atoms with E-state index in [2.05, 4.69) is 69.6 Å². The summed E-state index contributed by atoms with van der Waals surface area (Å²) in [5, 5.41) is 8.96. The fraction of sp³-hybridized carbons (Fsp3) is 0.415. The zero-order valence-electron chi connectivity index (χ0n) is 32.6. The topological polar surface area (TPSA) is 155 Å². The number of rotatable bonds is 11. The molecule has 4 heterocycles. The van der Waals surface area contributed by atoms with Crippen LogP contribution in [0.5, 0.6) is 0 Å². The Balaban J connectivity index is 0.866. The molecular formula is C41H52N10O4S. The van der Waals surface area contributed by atoms with E-state index >= 15 is 0 Å². The highest BCUT2D eigenvalue weighted by atomic mass is 32.2. The number of urea groups is 1. The molecule has 3 aromatic carbocycles. The number of nitrogens with zero attached hydrogens (tertiary/aromatic N) is 6. The predicted molar refractivity (Wildman–Crippen MR) is 220 cm³/mol. The molecule has 0 atom stereocenters. The van der Waals surface area contributed by atoms with Crippen LogP contribution in [0.3, 0.4) is 0 Å². The van der Waals surface area contributed by atoms with Gasteiger partial charge < -0.3 is 15.5 Å². The number of carbonyl (C=O) groups excluding carboxylic acids is 2. The molecule has 15 heteroatoms. The molecule has 7 rings (SSSR count). The average molecular weight is 781 g/mol. The molecule has 56 heavy (non-hydrogen) atoms. The molecule has 4 N–H and O–H groups in total. The zero-order valence-corrected chi connectivity index (χ0v) is 33.4. The Morgan fingerprint density at radius 2 is 1.52 bits per heavy atom. The van der Waals surface area contributed by atoms with Crippen molar-refractivity contribution in [2.45, 2.75) is 70.0 Å². The highest BCUT2D eigenvalue weighted by molar-refractivity contribution is 7.89. The molecule has 3 amide bonds. The van der Waals surface area contributed by atoms with Gasteiger partial charge >= 0.3 is 6.03 Å². The number of amides is 3. The summed E-state index contributed by atoms with van der Waals surface area (Å²) in [6.07, 6.45) is 4.32. The van der Waals surface area contributed by atoms with E-state index in [0.717, 1.165) is 75.6 Å². The number of piperidine rings is 1. The third kappa shape index (κ3) is 9.82. The summed E-state index contributed by atoms with van der Waals surface area (Å²) in [5.74, 6) is 0.797. The third-order valence-corrected chi connectivity index (χ3v) is 12.2. The van der Waals surface area contributed by atoms with Crippen molar-refractivity contribution >= 4 is 56.5 Å². The number of sulfonamides is 1. The molecule has 0 unspecified atom stereocenters. The highest BCUT2D eigenvalue weighted by Gasteiger charge is 2.28. The van der Waals surface area contributed by atoms with Crippen LogP contribution in [0.1, 0.15) is 51.2 Å². The van der Waals surface area contributed by atoms with Crippen LogP contribution in [0.15, 0.2) is 83.9 Å². The lowest BCUT2D eigenvalue weighted by Crippen LogP contribution is -2.53. The molecule has 0 spiro atoms. The smallest absolute Gasteiger partial charge is 0.328 e. The third-order valence-electron chi connectivity index (χ3n) is 10.4. The SMILES string of the molecule is Cc1cnc(Nc2ccc(N3CCC(N4CCN(Cc5ccc(N6CCC(=O)NC6=O)cc5)CC4)CC3)cc2)nc1Nc1cccc(S(=O)(=O)NC(C)(C)C)c1. The van der Waals surface area contributed by atoms with E-state index < -0.39 is 15.6 Å². The van der Waals surface area contributed by atoms with Crippen molar-refractivity contribution in [2.24, 2.45) is 0 Å². The molecule has 0 saturated carbocycles. The number of carbonyl (C=O) groups is 2. The number of hydrogen-bond donors (Lipinski definition) is 4. The van der Waals surface area contributed by atoms with E-state index in [0.29, 0.717) is 36.5 Å². The van der Waals surface area contributed by atoms with Gasteiger partial charge in [-0.3, -0.25) is 24.8 Å². The molecule has 4 aromatic rings. The molecule has 0 bridgehead atoms. The first-order valence-corrected chi connectivity index (χ1v) is 20.8. The molecule has 296 valence electrons. The van der Waals surface area contributed by atoms with E-state index in [9.17, 15) is 18.0 Å². The van der Waals surface area contributed by atoms with Gasteiger partial charge in [0.15, 0.2) is 0 Å². The zero-order chi connectivity index (χ0) is 39.5. The van der Waals surface area contributed by atoms with E-state index in [4.69, 9.17) is 0 Å². The van der Waals surface area contributed by atoms with Crippen molar-refractivity contribution in [3.05, 3.63) is 90.1 Å². The van der Waals surface area contributed by atoms with E-state index in [1.807, 2.05) is 58.0 Å². The van der Waals surface area contributed by atoms with E-state index in [1.165, 1.54) is 11.3 Å². The monoisotopic (exact) mass is 780 g/mol. The molecule has 3 saturated heterocycles. The number of nitrogens with one attached hydrogen (secondary N) is 4. The first-order chi connectivity index (χ1) is 26.8. The van der Waals surface area contributed by atoms with Crippen LogP contribution in [0.25, 0.3) is 0 Å². The maximum Gasteiger partial charge on any atom is 0.328 e. The predicted octanol–water partition coefficient (Wildman–Crippen LogP) is 5.58. The van der Waals surface area contributed by atoms with Crippen molar-refractivity contribution < 1.29 is 18.0 Å². The maximum absolute atomic E-state index is 12.9. The van der Waals surface area contributed by atoms with Gasteiger partial charge in [0.25, 0.3) is 0 Å². The van der Waals surface area contributed by atoms with Gasteiger partial charge in [0.05, 0.1) is 4.90 Å². The summed E-state index contributed by atoms with van der Waals surface area (Å²) in [5.41, 5.74) is 4.95. The summed E-state index contributed by atoms with van der Waals surface area (Å²) >= 11 is 0. The van der Waals surface area contributed by atoms with Crippen molar-refractivity contribution in [2.75, 3.05) is 66.2 Å². The number of piperazine rings is 1. The number of imide groups is 1. The Morgan fingerprint density at radius 1 is 0.821 bits per heavy atom. The van der Waals surface area contributed by atoms with Crippen LogP contribution in [-0.2, 0) is 21.4 Å². The molecule has 3 aliphatic heterocycles. The Labute approximate surface area is 329 Å². The minimum absolute atomic E-state index is 0.176. The lowest BCUT2D eigenvalue weighted by Gasteiger charge is -2.43. The van der Waals surface area contributed by atoms with Gasteiger partial charge in [0.2, 0.25) is 21.9 Å². The summed E-state index contributed by atoms with van der Waals surface area (Å²) in [6.45, 7) is 14.8. The van der Waals surface area contributed by atoms with Gasteiger partial charge in [-0.05, 0) is 101 Å². The average Bonchev–Trinajstić information content (AvgIpc) is 3.17. The largest absolute Gasteiger partial charge is 0.371 e. The minimum atomic E-state index is -3.68. The Bertz CT molecular complexity index is 2120. The lowest BCUT2D eigenvalue weighted by atomic mass is 10.0. The van der Waals surface area contributed by atoms with E-state index in [1.54, 1.807) is 29.3 Å². The lowest BCUT2D eigenvalue weighted by molar-refractivity contribution is -0.120. The second-order valence-electron chi connectivity index (χ2n) is 15.9. The molecule has 0 radical (unpaired) electrons. The van der Waals surface area contributed by atoms with Gasteiger partial charge in [-0.15, -0.1) is 0 Å². The van der Waals surface area contributed by atoms with Crippen LogP contribution in [-0.4, -0.2) is 97.5 Å².